The van der Waals surface area contributed by atoms with Crippen LogP contribution >= 0.6 is 0 Å². The predicted octanol–water partition coefficient (Wildman–Crippen LogP) is 10.6. The van der Waals surface area contributed by atoms with Crippen molar-refractivity contribution in [2.24, 2.45) is 11.8 Å². The van der Waals surface area contributed by atoms with Gasteiger partial charge in [0, 0.05) is 37.6 Å². The Morgan fingerprint density at radius 2 is 1.40 bits per heavy atom. The minimum absolute atomic E-state index is 0.0363. The molecule has 50 heavy (non-hydrogen) atoms. The van der Waals surface area contributed by atoms with E-state index in [1.807, 2.05) is 11.8 Å². The number of hydrogen-bond acceptors (Lipinski definition) is 4. The number of alkyl halides is 9. The first-order chi connectivity index (χ1) is 23.2. The van der Waals surface area contributed by atoms with Crippen LogP contribution in [0.25, 0.3) is 5.57 Å². The van der Waals surface area contributed by atoms with Crippen LogP contribution in [-0.2, 0) is 30.2 Å². The van der Waals surface area contributed by atoms with Gasteiger partial charge in [-0.3, -0.25) is 4.79 Å². The molecule has 0 spiro atoms. The van der Waals surface area contributed by atoms with Crippen LogP contribution < -0.4 is 14.5 Å². The van der Waals surface area contributed by atoms with E-state index < -0.39 is 54.0 Å². The molecule has 0 radical (unpaired) electrons. The Morgan fingerprint density at radius 3 is 1.88 bits per heavy atom. The third kappa shape index (κ3) is 10.3. The number of rotatable bonds is 12. The van der Waals surface area contributed by atoms with Crippen LogP contribution in [0.15, 0.2) is 67.2 Å². The van der Waals surface area contributed by atoms with Crippen molar-refractivity contribution in [1.29, 1.82) is 0 Å². The largest absolute Gasteiger partial charge is 0.573 e. The molecule has 1 N–H and O–H groups in total. The summed E-state index contributed by atoms with van der Waals surface area (Å²) in [6, 6.07) is 11.6. The Kier molecular flexibility index (Phi) is 11.7. The number of aliphatic carboxylic acids is 1. The second-order valence-corrected chi connectivity index (χ2v) is 12.5. The van der Waals surface area contributed by atoms with E-state index in [4.69, 9.17) is 0 Å². The van der Waals surface area contributed by atoms with E-state index in [1.165, 1.54) is 11.0 Å². The lowest BCUT2D eigenvalue weighted by Crippen LogP contribution is -2.34. The SMILES string of the molecule is C=C(C)c1ccc(N(Cc2cc(C(F)(F)F)cc(C(F)(F)F)c2)Cc2cc(OC(F)(F)F)ccc2N(CC)CC2CCC(C(=O)O)CC2)cc1. The number of carboxylic acid groups (broad SMARTS) is 1. The van der Waals surface area contributed by atoms with Crippen LogP contribution in [0.3, 0.4) is 0 Å². The molecule has 0 unspecified atom stereocenters. The van der Waals surface area contributed by atoms with E-state index in [-0.39, 0.29) is 29.7 Å². The van der Waals surface area contributed by atoms with Crippen LogP contribution in [0.4, 0.5) is 50.9 Å². The number of allylic oxidation sites excluding steroid dienone is 1. The van der Waals surface area contributed by atoms with E-state index in [9.17, 15) is 49.4 Å². The van der Waals surface area contributed by atoms with E-state index >= 15 is 0 Å². The molecule has 1 aliphatic rings. The molecule has 0 aromatic heterocycles. The van der Waals surface area contributed by atoms with Crippen LogP contribution in [0.1, 0.15) is 67.3 Å². The number of hydrogen-bond donors (Lipinski definition) is 1. The highest BCUT2D eigenvalue weighted by Gasteiger charge is 2.37. The maximum atomic E-state index is 13.7. The van der Waals surface area contributed by atoms with Gasteiger partial charge in [0.25, 0.3) is 0 Å². The molecule has 0 saturated heterocycles. The Labute approximate surface area is 283 Å². The van der Waals surface area contributed by atoms with Crippen molar-refractivity contribution in [3.8, 4) is 5.75 Å². The van der Waals surface area contributed by atoms with Crippen LogP contribution in [0, 0.1) is 11.8 Å². The molecule has 272 valence electrons. The number of anilines is 2. The molecular weight excluding hydrogens is 679 g/mol. The maximum Gasteiger partial charge on any atom is 0.573 e. The Balaban J connectivity index is 1.79. The quantitative estimate of drug-likeness (QED) is 0.189. The molecule has 0 amide bonds. The summed E-state index contributed by atoms with van der Waals surface area (Å²) in [6.45, 7) is 7.62. The van der Waals surface area contributed by atoms with Crippen molar-refractivity contribution in [3.05, 3.63) is 95.1 Å². The average molecular weight is 717 g/mol. The topological polar surface area (TPSA) is 53.0 Å². The molecule has 1 fully saturated rings. The van der Waals surface area contributed by atoms with Crippen molar-refractivity contribution in [2.75, 3.05) is 22.9 Å². The molecule has 3 aromatic carbocycles. The average Bonchev–Trinajstić information content (AvgIpc) is 3.02. The molecule has 4 rings (SSSR count). The van der Waals surface area contributed by atoms with Gasteiger partial charge in [0.15, 0.2) is 0 Å². The molecule has 14 heteroatoms. The minimum atomic E-state index is -5.08. The van der Waals surface area contributed by atoms with Gasteiger partial charge in [-0.25, -0.2) is 0 Å². The lowest BCUT2D eigenvalue weighted by atomic mass is 9.81. The summed E-state index contributed by atoms with van der Waals surface area (Å²) >= 11 is 0. The van der Waals surface area contributed by atoms with Crippen LogP contribution in [0.2, 0.25) is 0 Å². The van der Waals surface area contributed by atoms with Gasteiger partial charge < -0.3 is 19.6 Å². The lowest BCUT2D eigenvalue weighted by Gasteiger charge is -2.34. The highest BCUT2D eigenvalue weighted by molar-refractivity contribution is 5.70. The van der Waals surface area contributed by atoms with Crippen molar-refractivity contribution in [2.45, 2.75) is 71.3 Å². The van der Waals surface area contributed by atoms with Gasteiger partial charge >= 0.3 is 24.7 Å². The Hall–Kier alpha value is -4.36. The van der Waals surface area contributed by atoms with Crippen molar-refractivity contribution in [1.82, 2.24) is 0 Å². The number of halogens is 9. The summed E-state index contributed by atoms with van der Waals surface area (Å²) in [4.78, 5) is 14.9. The van der Waals surface area contributed by atoms with E-state index in [0.717, 1.165) is 17.7 Å². The van der Waals surface area contributed by atoms with Gasteiger partial charge in [-0.1, -0.05) is 24.3 Å². The first-order valence-corrected chi connectivity index (χ1v) is 15.9. The van der Waals surface area contributed by atoms with Gasteiger partial charge in [0.1, 0.15) is 5.75 Å². The fourth-order valence-electron chi connectivity index (χ4n) is 6.23. The number of ether oxygens (including phenoxy) is 1. The highest BCUT2D eigenvalue weighted by atomic mass is 19.4. The fraction of sp³-hybridized carbons (Fsp3) is 0.417. The zero-order valence-electron chi connectivity index (χ0n) is 27.4. The number of carbonyl (C=O) groups is 1. The first-order valence-electron chi connectivity index (χ1n) is 15.9. The second-order valence-electron chi connectivity index (χ2n) is 12.5. The molecule has 0 heterocycles. The predicted molar refractivity (Wildman–Crippen MR) is 172 cm³/mol. The summed E-state index contributed by atoms with van der Waals surface area (Å²) in [5.41, 5.74) is -0.723. The van der Waals surface area contributed by atoms with Gasteiger partial charge in [-0.15, -0.1) is 13.2 Å². The van der Waals surface area contributed by atoms with Gasteiger partial charge in [0.2, 0.25) is 0 Å². The zero-order chi connectivity index (χ0) is 37.0. The second kappa shape index (κ2) is 15.3. The number of nitrogens with zero attached hydrogens (tertiary/aromatic N) is 2. The maximum absolute atomic E-state index is 13.7. The Bertz CT molecular complexity index is 1610. The van der Waals surface area contributed by atoms with Crippen LogP contribution in [0.5, 0.6) is 5.75 Å². The van der Waals surface area contributed by atoms with Crippen LogP contribution in [-0.4, -0.2) is 30.5 Å². The summed E-state index contributed by atoms with van der Waals surface area (Å²) in [5.74, 6) is -1.78. The Morgan fingerprint density at radius 1 is 0.820 bits per heavy atom. The van der Waals surface area contributed by atoms with Crippen molar-refractivity contribution in [3.63, 3.8) is 0 Å². The third-order valence-corrected chi connectivity index (χ3v) is 8.79. The molecule has 0 atom stereocenters. The monoisotopic (exact) mass is 716 g/mol. The third-order valence-electron chi connectivity index (χ3n) is 8.79. The van der Waals surface area contributed by atoms with E-state index in [1.54, 1.807) is 31.2 Å². The molecule has 5 nitrogen and oxygen atoms in total. The zero-order valence-corrected chi connectivity index (χ0v) is 27.4. The highest BCUT2D eigenvalue weighted by Crippen LogP contribution is 2.38. The van der Waals surface area contributed by atoms with E-state index in [0.29, 0.717) is 67.9 Å². The molecule has 3 aromatic rings. The summed E-state index contributed by atoms with van der Waals surface area (Å²) < 4.78 is 127. The molecule has 1 saturated carbocycles. The number of benzene rings is 3. The van der Waals surface area contributed by atoms with Crippen molar-refractivity contribution >= 4 is 22.9 Å². The smallest absolute Gasteiger partial charge is 0.481 e. The standard InChI is InChI=1S/C36H37F9N2O3/c1-4-46(19-23-5-7-26(8-6-23)33(48)49)32-14-13-31(50-36(43,44)45)17-27(32)21-47(30-11-9-25(10-12-30)22(2)3)20-24-15-28(34(37,38)39)18-29(16-24)35(40,41)42/h9-18,23,26H,2,4-8,19-21H2,1,3H3,(H,48,49). The molecule has 1 aliphatic carbocycles. The number of carboxylic acids is 1. The first kappa shape index (κ1) is 38.4. The molecule has 0 bridgehead atoms. The minimum Gasteiger partial charge on any atom is -0.481 e. The lowest BCUT2D eigenvalue weighted by molar-refractivity contribution is -0.274. The van der Waals surface area contributed by atoms with Gasteiger partial charge in [-0.2, -0.15) is 26.3 Å². The molecular formula is C36H37F9N2O3. The molecule has 0 aliphatic heterocycles. The summed E-state index contributed by atoms with van der Waals surface area (Å²) in [7, 11) is 0. The van der Waals surface area contributed by atoms with Crippen molar-refractivity contribution < 1.29 is 54.2 Å². The van der Waals surface area contributed by atoms with E-state index in [2.05, 4.69) is 11.3 Å². The van der Waals surface area contributed by atoms with Gasteiger partial charge in [-0.05, 0) is 111 Å². The normalized spacial score (nSPS) is 16.9. The summed E-state index contributed by atoms with van der Waals surface area (Å²) in [5, 5.41) is 9.39. The van der Waals surface area contributed by atoms with Gasteiger partial charge in [0.05, 0.1) is 17.0 Å². The fourth-order valence-corrected chi connectivity index (χ4v) is 6.23. The summed E-state index contributed by atoms with van der Waals surface area (Å²) in [6.07, 6.45) is -13.0.